The van der Waals surface area contributed by atoms with Crippen LogP contribution in [0.2, 0.25) is 0 Å². The van der Waals surface area contributed by atoms with E-state index in [1.165, 1.54) is 19.3 Å². The van der Waals surface area contributed by atoms with Gasteiger partial charge in [0.25, 0.3) is 0 Å². The maximum Gasteiger partial charge on any atom is 0.162 e. The van der Waals surface area contributed by atoms with Crippen molar-refractivity contribution in [2.45, 2.75) is 58.0 Å². The van der Waals surface area contributed by atoms with E-state index in [2.05, 4.69) is 18.8 Å². The number of hydrogen-bond donors (Lipinski definition) is 1. The molecule has 106 valence electrons. The van der Waals surface area contributed by atoms with Gasteiger partial charge in [0.2, 0.25) is 0 Å². The van der Waals surface area contributed by atoms with Gasteiger partial charge < -0.3 is 10.5 Å². The molecule has 0 bridgehead atoms. The number of anilines is 1. The molecule has 4 heteroatoms. The fourth-order valence-corrected chi connectivity index (χ4v) is 2.89. The van der Waals surface area contributed by atoms with E-state index < -0.39 is 0 Å². The van der Waals surface area contributed by atoms with Crippen molar-refractivity contribution in [3.8, 4) is 0 Å². The predicted molar refractivity (Wildman–Crippen MR) is 76.8 cm³/mol. The maximum absolute atomic E-state index is 5.95. The first-order valence-electron chi connectivity index (χ1n) is 7.25. The molecule has 1 fully saturated rings. The Labute approximate surface area is 115 Å². The molecule has 1 saturated carbocycles. The summed E-state index contributed by atoms with van der Waals surface area (Å²) in [6, 6.07) is 1.88. The summed E-state index contributed by atoms with van der Waals surface area (Å²) >= 11 is 0. The zero-order valence-electron chi connectivity index (χ0n) is 12.3. The van der Waals surface area contributed by atoms with Gasteiger partial charge in [-0.25, -0.2) is 9.97 Å². The lowest BCUT2D eigenvalue weighted by Gasteiger charge is -2.34. The first-order valence-corrected chi connectivity index (χ1v) is 7.25. The topological polar surface area (TPSA) is 61.0 Å². The van der Waals surface area contributed by atoms with Gasteiger partial charge in [-0.05, 0) is 25.2 Å². The van der Waals surface area contributed by atoms with Crippen molar-refractivity contribution in [1.29, 1.82) is 0 Å². The molecule has 0 unspecified atom stereocenters. The van der Waals surface area contributed by atoms with Gasteiger partial charge in [-0.2, -0.15) is 0 Å². The second-order valence-corrected chi connectivity index (χ2v) is 5.96. The number of ether oxygens (including phenoxy) is 1. The summed E-state index contributed by atoms with van der Waals surface area (Å²) in [5.74, 6) is 1.90. The molecule has 1 aliphatic rings. The quantitative estimate of drug-likeness (QED) is 0.907. The Morgan fingerprint density at radius 2 is 1.95 bits per heavy atom. The van der Waals surface area contributed by atoms with Crippen LogP contribution in [0, 0.1) is 5.92 Å². The molecule has 1 aromatic heterocycles. The normalized spacial score (nSPS) is 18.7. The van der Waals surface area contributed by atoms with Gasteiger partial charge in [0.15, 0.2) is 5.82 Å². The van der Waals surface area contributed by atoms with Crippen LogP contribution >= 0.6 is 0 Å². The minimum absolute atomic E-state index is 0.320. The van der Waals surface area contributed by atoms with Crippen LogP contribution in [0.1, 0.15) is 57.5 Å². The maximum atomic E-state index is 5.95. The molecular weight excluding hydrogens is 238 g/mol. The molecular formula is C15H25N3O. The average Bonchev–Trinajstić information content (AvgIpc) is 2.38. The number of nitrogen functional groups attached to an aromatic ring is 1. The summed E-state index contributed by atoms with van der Waals surface area (Å²) < 4.78 is 5.80. The number of methoxy groups -OCH3 is 1. The largest absolute Gasteiger partial charge is 0.384 e. The van der Waals surface area contributed by atoms with Gasteiger partial charge >= 0.3 is 0 Å². The standard InChI is InChI=1S/C15H25N3O/c1-11(2)9-12-10-13(16)18-14(17-12)15(19-3)7-5-4-6-8-15/h10-11H,4-9H2,1-3H3,(H2,16,17,18). The van der Waals surface area contributed by atoms with E-state index in [1.807, 2.05) is 6.07 Å². The zero-order valence-corrected chi connectivity index (χ0v) is 12.3. The molecule has 1 heterocycles. The van der Waals surface area contributed by atoms with Crippen molar-refractivity contribution >= 4 is 5.82 Å². The highest BCUT2D eigenvalue weighted by molar-refractivity contribution is 5.31. The summed E-state index contributed by atoms with van der Waals surface area (Å²) in [5, 5.41) is 0. The van der Waals surface area contributed by atoms with Crippen molar-refractivity contribution in [2.75, 3.05) is 12.8 Å². The number of rotatable bonds is 4. The van der Waals surface area contributed by atoms with E-state index in [0.29, 0.717) is 11.7 Å². The summed E-state index contributed by atoms with van der Waals surface area (Å²) in [6.07, 6.45) is 6.53. The van der Waals surface area contributed by atoms with Gasteiger partial charge in [-0.3, -0.25) is 0 Å². The molecule has 0 saturated heterocycles. The van der Waals surface area contributed by atoms with E-state index >= 15 is 0 Å². The van der Waals surface area contributed by atoms with Crippen molar-refractivity contribution in [1.82, 2.24) is 9.97 Å². The fraction of sp³-hybridized carbons (Fsp3) is 0.733. The molecule has 0 amide bonds. The molecule has 0 aliphatic heterocycles. The highest BCUT2D eigenvalue weighted by atomic mass is 16.5. The molecule has 0 radical (unpaired) electrons. The number of nitrogens with two attached hydrogens (primary N) is 1. The lowest BCUT2D eigenvalue weighted by molar-refractivity contribution is -0.0515. The van der Waals surface area contributed by atoms with Crippen LogP contribution in [0.3, 0.4) is 0 Å². The van der Waals surface area contributed by atoms with Gasteiger partial charge in [0.1, 0.15) is 11.4 Å². The Hall–Kier alpha value is -1.16. The summed E-state index contributed by atoms with van der Waals surface area (Å²) in [4.78, 5) is 9.17. The third kappa shape index (κ3) is 3.24. The summed E-state index contributed by atoms with van der Waals surface area (Å²) in [7, 11) is 1.76. The van der Waals surface area contributed by atoms with Crippen LogP contribution in [0.4, 0.5) is 5.82 Å². The van der Waals surface area contributed by atoms with Crippen molar-refractivity contribution in [3.63, 3.8) is 0 Å². The highest BCUT2D eigenvalue weighted by Gasteiger charge is 2.37. The van der Waals surface area contributed by atoms with E-state index in [4.69, 9.17) is 15.5 Å². The second-order valence-electron chi connectivity index (χ2n) is 5.96. The minimum atomic E-state index is -0.320. The SMILES string of the molecule is COC1(c2nc(N)cc(CC(C)C)n2)CCCCC1. The number of aromatic nitrogens is 2. The molecule has 0 aromatic carbocycles. The molecule has 1 aliphatic carbocycles. The number of hydrogen-bond acceptors (Lipinski definition) is 4. The zero-order chi connectivity index (χ0) is 13.9. The molecule has 2 N–H and O–H groups in total. The molecule has 2 rings (SSSR count). The van der Waals surface area contributed by atoms with Gasteiger partial charge in [0.05, 0.1) is 0 Å². The highest BCUT2D eigenvalue weighted by Crippen LogP contribution is 2.38. The lowest BCUT2D eigenvalue weighted by atomic mass is 9.84. The Kier molecular flexibility index (Phi) is 4.40. The molecule has 1 aromatic rings. The first kappa shape index (κ1) is 14.3. The Morgan fingerprint density at radius 1 is 1.26 bits per heavy atom. The third-order valence-electron chi connectivity index (χ3n) is 3.88. The Balaban J connectivity index is 2.34. The first-order chi connectivity index (χ1) is 9.05. The van der Waals surface area contributed by atoms with Crippen molar-refractivity contribution in [3.05, 3.63) is 17.6 Å². The summed E-state index contributed by atoms with van der Waals surface area (Å²) in [5.41, 5.74) is 6.66. The summed E-state index contributed by atoms with van der Waals surface area (Å²) in [6.45, 7) is 4.37. The second kappa shape index (κ2) is 5.87. The Bertz CT molecular complexity index is 425. The smallest absolute Gasteiger partial charge is 0.162 e. The molecule has 0 atom stereocenters. The van der Waals surface area contributed by atoms with Crippen molar-refractivity contribution in [2.24, 2.45) is 5.92 Å². The van der Waals surface area contributed by atoms with Crippen LogP contribution < -0.4 is 5.73 Å². The van der Waals surface area contributed by atoms with Crippen LogP contribution in [-0.4, -0.2) is 17.1 Å². The predicted octanol–water partition coefficient (Wildman–Crippen LogP) is 3.06. The van der Waals surface area contributed by atoms with Gasteiger partial charge in [-0.15, -0.1) is 0 Å². The van der Waals surface area contributed by atoms with E-state index in [1.54, 1.807) is 7.11 Å². The van der Waals surface area contributed by atoms with Crippen molar-refractivity contribution < 1.29 is 4.74 Å². The minimum Gasteiger partial charge on any atom is -0.384 e. The average molecular weight is 263 g/mol. The van der Waals surface area contributed by atoms with Crippen LogP contribution in [0.5, 0.6) is 0 Å². The lowest BCUT2D eigenvalue weighted by Crippen LogP contribution is -2.34. The molecule has 19 heavy (non-hydrogen) atoms. The van der Waals surface area contributed by atoms with E-state index in [0.717, 1.165) is 30.8 Å². The van der Waals surface area contributed by atoms with Crippen LogP contribution in [0.15, 0.2) is 6.07 Å². The number of nitrogens with zero attached hydrogens (tertiary/aromatic N) is 2. The molecule has 4 nitrogen and oxygen atoms in total. The third-order valence-corrected chi connectivity index (χ3v) is 3.88. The monoisotopic (exact) mass is 263 g/mol. The molecule has 0 spiro atoms. The van der Waals surface area contributed by atoms with E-state index in [-0.39, 0.29) is 5.60 Å². The Morgan fingerprint density at radius 3 is 2.53 bits per heavy atom. The fourth-order valence-electron chi connectivity index (χ4n) is 2.89. The van der Waals surface area contributed by atoms with Crippen LogP contribution in [0.25, 0.3) is 0 Å². The van der Waals surface area contributed by atoms with Gasteiger partial charge in [-0.1, -0.05) is 33.1 Å². The van der Waals surface area contributed by atoms with Crippen LogP contribution in [-0.2, 0) is 16.8 Å². The van der Waals surface area contributed by atoms with E-state index in [9.17, 15) is 0 Å². The van der Waals surface area contributed by atoms with Gasteiger partial charge in [0, 0.05) is 18.9 Å².